The van der Waals surface area contributed by atoms with E-state index in [1.807, 2.05) is 45.0 Å². The molecule has 0 spiro atoms. The van der Waals surface area contributed by atoms with Crippen LogP contribution in [0.5, 0.6) is 0 Å². The highest BCUT2D eigenvalue weighted by Gasteiger charge is 2.37. The Kier molecular flexibility index (Phi) is 6.20. The number of likely N-dealkylation sites (N-methyl/N-ethyl adjacent to an activating group) is 2. The zero-order valence-corrected chi connectivity index (χ0v) is 12.9. The fourth-order valence-corrected chi connectivity index (χ4v) is 2.88. The van der Waals surface area contributed by atoms with Gasteiger partial charge in [0.2, 0.25) is 5.91 Å². The van der Waals surface area contributed by atoms with E-state index in [1.165, 1.54) is 0 Å². The molecule has 5 heteroatoms. The van der Waals surface area contributed by atoms with Gasteiger partial charge in [-0.05, 0) is 40.8 Å². The molecule has 114 valence electrons. The first kappa shape index (κ1) is 16.7. The summed E-state index contributed by atoms with van der Waals surface area (Å²) in [6.45, 7) is 5.34. The number of rotatable bonds is 6. The van der Waals surface area contributed by atoms with Crippen LogP contribution in [0.1, 0.15) is 26.7 Å². The van der Waals surface area contributed by atoms with Crippen LogP contribution in [0.3, 0.4) is 0 Å². The maximum absolute atomic E-state index is 12.7. The van der Waals surface area contributed by atoms with Crippen LogP contribution in [0.25, 0.3) is 0 Å². The molecule has 1 rings (SSSR count). The van der Waals surface area contributed by atoms with E-state index in [0.29, 0.717) is 19.4 Å². The molecule has 1 N–H and O–H groups in total. The zero-order valence-electron chi connectivity index (χ0n) is 12.9. The van der Waals surface area contributed by atoms with Gasteiger partial charge in [0.1, 0.15) is 0 Å². The Balaban J connectivity index is 2.83. The van der Waals surface area contributed by atoms with Crippen molar-refractivity contribution >= 4 is 11.9 Å². The summed E-state index contributed by atoms with van der Waals surface area (Å²) in [6.07, 6.45) is 4.76. The number of carbonyl (C=O) groups is 2. The molecular formula is C15H26N2O3. The van der Waals surface area contributed by atoms with Crippen molar-refractivity contribution in [2.75, 3.05) is 27.2 Å². The van der Waals surface area contributed by atoms with Crippen LogP contribution in [-0.2, 0) is 9.59 Å². The Hall–Kier alpha value is -1.36. The van der Waals surface area contributed by atoms with E-state index in [-0.39, 0.29) is 11.9 Å². The molecule has 0 bridgehead atoms. The van der Waals surface area contributed by atoms with Gasteiger partial charge < -0.3 is 14.9 Å². The smallest absolute Gasteiger partial charge is 0.307 e. The summed E-state index contributed by atoms with van der Waals surface area (Å²) < 4.78 is 0. The average Bonchev–Trinajstić information content (AvgIpc) is 2.38. The molecule has 0 heterocycles. The molecule has 1 amide bonds. The molecule has 1 aliphatic rings. The summed E-state index contributed by atoms with van der Waals surface area (Å²) in [5, 5.41) is 9.28. The molecule has 0 saturated carbocycles. The number of carboxylic acids is 1. The van der Waals surface area contributed by atoms with Gasteiger partial charge in [-0.25, -0.2) is 0 Å². The van der Waals surface area contributed by atoms with Crippen molar-refractivity contribution in [2.24, 2.45) is 11.8 Å². The van der Waals surface area contributed by atoms with Crippen LogP contribution in [0, 0.1) is 11.8 Å². The molecule has 0 aromatic carbocycles. The van der Waals surface area contributed by atoms with E-state index >= 15 is 0 Å². The maximum atomic E-state index is 12.7. The first-order chi connectivity index (χ1) is 9.38. The third-order valence-corrected chi connectivity index (χ3v) is 3.85. The Morgan fingerprint density at radius 2 is 1.80 bits per heavy atom. The molecule has 20 heavy (non-hydrogen) atoms. The van der Waals surface area contributed by atoms with Crippen molar-refractivity contribution < 1.29 is 14.7 Å². The van der Waals surface area contributed by atoms with Gasteiger partial charge in [-0.3, -0.25) is 9.59 Å². The first-order valence-corrected chi connectivity index (χ1v) is 7.21. The summed E-state index contributed by atoms with van der Waals surface area (Å²) in [5.41, 5.74) is 0. The number of aliphatic carboxylic acids is 1. The second kappa shape index (κ2) is 7.43. The average molecular weight is 282 g/mol. The largest absolute Gasteiger partial charge is 0.481 e. The standard InChI is InChI=1S/C15H26N2O3/c1-5-17(11(2)10-16(3)4)14(18)12-8-6-7-9-13(12)15(19)20/h6-7,11-13H,5,8-10H2,1-4H3,(H,19,20). The molecule has 1 aliphatic carbocycles. The van der Waals surface area contributed by atoms with Crippen LogP contribution in [0.2, 0.25) is 0 Å². The molecule has 0 fully saturated rings. The second-order valence-electron chi connectivity index (χ2n) is 5.73. The molecular weight excluding hydrogens is 256 g/mol. The van der Waals surface area contributed by atoms with Crippen molar-refractivity contribution in [1.82, 2.24) is 9.80 Å². The van der Waals surface area contributed by atoms with Crippen LogP contribution in [0.4, 0.5) is 0 Å². The lowest BCUT2D eigenvalue weighted by atomic mass is 9.82. The lowest BCUT2D eigenvalue weighted by Gasteiger charge is -2.35. The quantitative estimate of drug-likeness (QED) is 0.749. The van der Waals surface area contributed by atoms with E-state index < -0.39 is 17.8 Å². The van der Waals surface area contributed by atoms with E-state index in [4.69, 9.17) is 0 Å². The van der Waals surface area contributed by atoms with Gasteiger partial charge in [0.05, 0.1) is 11.8 Å². The molecule has 3 atom stereocenters. The lowest BCUT2D eigenvalue weighted by molar-refractivity contribution is -0.151. The van der Waals surface area contributed by atoms with Crippen LogP contribution >= 0.6 is 0 Å². The minimum Gasteiger partial charge on any atom is -0.481 e. The highest BCUT2D eigenvalue weighted by molar-refractivity contribution is 5.85. The Morgan fingerprint density at radius 1 is 1.25 bits per heavy atom. The van der Waals surface area contributed by atoms with Crippen molar-refractivity contribution in [3.63, 3.8) is 0 Å². The number of carboxylic acid groups (broad SMARTS) is 1. The summed E-state index contributed by atoms with van der Waals surface area (Å²) >= 11 is 0. The highest BCUT2D eigenvalue weighted by atomic mass is 16.4. The van der Waals surface area contributed by atoms with Gasteiger partial charge in [0.25, 0.3) is 0 Å². The predicted octanol–water partition coefficient (Wildman–Crippen LogP) is 1.45. The predicted molar refractivity (Wildman–Crippen MR) is 78.4 cm³/mol. The normalized spacial score (nSPS) is 23.6. The highest BCUT2D eigenvalue weighted by Crippen LogP contribution is 2.28. The van der Waals surface area contributed by atoms with Crippen LogP contribution in [0.15, 0.2) is 12.2 Å². The lowest BCUT2D eigenvalue weighted by Crippen LogP contribution is -2.48. The Labute approximate surface area is 121 Å². The monoisotopic (exact) mass is 282 g/mol. The number of allylic oxidation sites excluding steroid dienone is 2. The minimum atomic E-state index is -0.871. The van der Waals surface area contributed by atoms with Gasteiger partial charge >= 0.3 is 5.97 Å². The fraction of sp³-hybridized carbons (Fsp3) is 0.733. The minimum absolute atomic E-state index is 0.0291. The molecule has 0 aromatic heterocycles. The molecule has 0 aliphatic heterocycles. The van der Waals surface area contributed by atoms with Crippen LogP contribution in [-0.4, -0.2) is 60.0 Å². The number of hydrogen-bond acceptors (Lipinski definition) is 3. The van der Waals surface area contributed by atoms with Gasteiger partial charge in [-0.2, -0.15) is 0 Å². The third-order valence-electron chi connectivity index (χ3n) is 3.85. The summed E-state index contributed by atoms with van der Waals surface area (Å²) in [6, 6.07) is 0.0860. The molecule has 0 aromatic rings. The van der Waals surface area contributed by atoms with Crippen molar-refractivity contribution in [3.05, 3.63) is 12.2 Å². The zero-order chi connectivity index (χ0) is 15.3. The van der Waals surface area contributed by atoms with Gasteiger partial charge in [0.15, 0.2) is 0 Å². The van der Waals surface area contributed by atoms with E-state index in [2.05, 4.69) is 0 Å². The maximum Gasteiger partial charge on any atom is 0.307 e. The van der Waals surface area contributed by atoms with E-state index in [0.717, 1.165) is 6.54 Å². The van der Waals surface area contributed by atoms with Crippen molar-refractivity contribution in [2.45, 2.75) is 32.7 Å². The molecule has 5 nitrogen and oxygen atoms in total. The number of carbonyl (C=O) groups excluding carboxylic acids is 1. The van der Waals surface area contributed by atoms with Crippen molar-refractivity contribution in [3.8, 4) is 0 Å². The van der Waals surface area contributed by atoms with Crippen molar-refractivity contribution in [1.29, 1.82) is 0 Å². The molecule has 0 saturated heterocycles. The second-order valence-corrected chi connectivity index (χ2v) is 5.73. The van der Waals surface area contributed by atoms with E-state index in [9.17, 15) is 14.7 Å². The Bertz CT molecular complexity index is 379. The topological polar surface area (TPSA) is 60.9 Å². The third kappa shape index (κ3) is 4.07. The number of hydrogen-bond donors (Lipinski definition) is 1. The molecule has 0 radical (unpaired) electrons. The van der Waals surface area contributed by atoms with Gasteiger partial charge in [-0.1, -0.05) is 12.2 Å². The molecule has 3 unspecified atom stereocenters. The number of amides is 1. The number of nitrogens with zero attached hydrogens (tertiary/aromatic N) is 2. The van der Waals surface area contributed by atoms with Crippen LogP contribution < -0.4 is 0 Å². The summed E-state index contributed by atoms with van der Waals surface area (Å²) in [5.74, 6) is -1.92. The summed E-state index contributed by atoms with van der Waals surface area (Å²) in [4.78, 5) is 27.8. The summed E-state index contributed by atoms with van der Waals surface area (Å²) in [7, 11) is 3.94. The van der Waals surface area contributed by atoms with Gasteiger partial charge in [-0.15, -0.1) is 0 Å². The fourth-order valence-electron chi connectivity index (χ4n) is 2.88. The Morgan fingerprint density at radius 3 is 2.25 bits per heavy atom. The SMILES string of the molecule is CCN(C(=O)C1CC=CCC1C(=O)O)C(C)CN(C)C. The van der Waals surface area contributed by atoms with E-state index in [1.54, 1.807) is 4.90 Å². The van der Waals surface area contributed by atoms with Gasteiger partial charge in [0, 0.05) is 19.1 Å². The first-order valence-electron chi connectivity index (χ1n) is 7.21.